The molecule has 3 saturated heterocycles. The molecule has 0 saturated carbocycles. The van der Waals surface area contributed by atoms with Crippen molar-refractivity contribution in [3.05, 3.63) is 90.0 Å². The molecule has 51 heavy (non-hydrogen) atoms. The highest BCUT2D eigenvalue weighted by molar-refractivity contribution is 9.09. The minimum atomic E-state index is -1.41. The van der Waals surface area contributed by atoms with E-state index in [2.05, 4.69) is 34.4 Å². The molecule has 8 atom stereocenters. The molecule has 3 heterocycles. The summed E-state index contributed by atoms with van der Waals surface area (Å²) < 4.78 is 12.9. The molecule has 2 bridgehead atoms. The van der Waals surface area contributed by atoms with Gasteiger partial charge in [-0.25, -0.2) is 0 Å². The molecule has 274 valence electrons. The predicted octanol–water partition coefficient (Wildman–Crippen LogP) is 5.69. The smallest absolute Gasteiger partial charge is 0.313 e. The van der Waals surface area contributed by atoms with Gasteiger partial charge in [0.1, 0.15) is 17.7 Å². The van der Waals surface area contributed by atoms with Crippen molar-refractivity contribution in [2.24, 2.45) is 17.8 Å². The van der Waals surface area contributed by atoms with E-state index < -0.39 is 59.5 Å². The number of halogens is 2. The van der Waals surface area contributed by atoms with Crippen LogP contribution in [0, 0.1) is 24.7 Å². The van der Waals surface area contributed by atoms with Gasteiger partial charge in [-0.1, -0.05) is 96.0 Å². The van der Waals surface area contributed by atoms with Crippen LogP contribution in [0.1, 0.15) is 56.8 Å². The average Bonchev–Trinajstić information content (AvgIpc) is 3.70. The highest BCUT2D eigenvalue weighted by atomic mass is 79.9. The van der Waals surface area contributed by atoms with Crippen molar-refractivity contribution in [3.8, 4) is 0 Å². The van der Waals surface area contributed by atoms with Gasteiger partial charge in [-0.3, -0.25) is 19.2 Å². The maximum absolute atomic E-state index is 15.1. The molecule has 0 aliphatic carbocycles. The number of allylic oxidation sites excluding steroid dienone is 1. The Balaban J connectivity index is 1.55. The third-order valence-electron chi connectivity index (χ3n) is 10.1. The van der Waals surface area contributed by atoms with Gasteiger partial charge in [-0.2, -0.15) is 0 Å². The topological polar surface area (TPSA) is 125 Å². The van der Waals surface area contributed by atoms with E-state index in [0.29, 0.717) is 29.1 Å². The highest BCUT2D eigenvalue weighted by Gasteiger charge is 2.77. The number of alkyl halides is 1. The zero-order valence-corrected chi connectivity index (χ0v) is 31.6. The predicted molar refractivity (Wildman–Crippen MR) is 199 cm³/mol. The molecule has 3 fully saturated rings. The first kappa shape index (κ1) is 38.7. The normalized spacial score (nSPS) is 26.1. The van der Waals surface area contributed by atoms with Crippen molar-refractivity contribution in [1.82, 2.24) is 10.2 Å². The van der Waals surface area contributed by atoms with Gasteiger partial charge in [-0.15, -0.1) is 13.2 Å². The van der Waals surface area contributed by atoms with Crippen LogP contribution < -0.4 is 10.2 Å². The van der Waals surface area contributed by atoms with Gasteiger partial charge < -0.3 is 29.7 Å². The minimum absolute atomic E-state index is 0.0212. The van der Waals surface area contributed by atoms with Crippen LogP contribution in [0.15, 0.2) is 73.8 Å². The number of benzene rings is 2. The third kappa shape index (κ3) is 7.54. The Bertz CT molecular complexity index is 1620. The number of para-hydroxylation sites is 1. The summed E-state index contributed by atoms with van der Waals surface area (Å²) in [7, 11) is 0. The third-order valence-corrected chi connectivity index (χ3v) is 11.3. The molecule has 3 aliphatic heterocycles. The van der Waals surface area contributed by atoms with Crippen molar-refractivity contribution >= 4 is 56.9 Å². The number of aryl methyl sites for hydroxylation is 1. The van der Waals surface area contributed by atoms with Gasteiger partial charge in [0, 0.05) is 17.8 Å². The van der Waals surface area contributed by atoms with Gasteiger partial charge in [0.15, 0.2) is 0 Å². The number of amides is 3. The number of aliphatic hydroxyl groups excluding tert-OH is 1. The number of nitrogens with zero attached hydrogens (tertiary/aromatic N) is 2. The number of hydrogen-bond acceptors (Lipinski definition) is 7. The first-order chi connectivity index (χ1) is 24.4. The lowest BCUT2D eigenvalue weighted by Gasteiger charge is -2.40. The van der Waals surface area contributed by atoms with Gasteiger partial charge in [0.05, 0.1) is 47.8 Å². The second-order valence-electron chi connectivity index (χ2n) is 14.0. The van der Waals surface area contributed by atoms with Gasteiger partial charge in [0.2, 0.25) is 11.8 Å². The monoisotopic (exact) mass is 783 g/mol. The number of aliphatic hydroxyl groups is 1. The summed E-state index contributed by atoms with van der Waals surface area (Å²) in [6.07, 6.45) is 3.07. The molecule has 3 amide bonds. The van der Waals surface area contributed by atoms with Crippen LogP contribution in [0.2, 0.25) is 5.02 Å². The second kappa shape index (κ2) is 16.4. The fourth-order valence-electron chi connectivity index (χ4n) is 8.00. The zero-order valence-electron chi connectivity index (χ0n) is 29.3. The summed E-state index contributed by atoms with van der Waals surface area (Å²) in [6, 6.07) is 12.5. The Labute approximate surface area is 313 Å². The largest absolute Gasteiger partial charge is 0.455 e. The van der Waals surface area contributed by atoms with Crippen molar-refractivity contribution in [2.45, 2.75) is 81.2 Å². The van der Waals surface area contributed by atoms with E-state index >= 15 is 4.79 Å². The van der Waals surface area contributed by atoms with E-state index in [1.54, 1.807) is 36.4 Å². The number of carbonyl (C=O) groups excluding carboxylic acids is 4. The Morgan fingerprint density at radius 2 is 1.90 bits per heavy atom. The summed E-state index contributed by atoms with van der Waals surface area (Å²) in [5.74, 6) is -3.81. The zero-order chi connectivity index (χ0) is 37.0. The number of rotatable bonds is 16. The Morgan fingerprint density at radius 1 is 1.18 bits per heavy atom. The molecule has 0 aromatic heterocycles. The standard InChI is InChI=1S/C39H47BrClN3O7/c1-6-8-17-30(46)42-21-29(25-14-10-9-11-15-25)50-38(49)31-32-36(47)44(26(22-45)19-23(3)4)35(39(32)20-27(40)34(31)51-39)37(48)43(18-7-2)33-24(5)13-12-16-28(33)41/h6-7,9-16,23,26-27,29,31-32,34-35,45H,1-2,8,17-22H2,3-5H3,(H,42,46)/t26-,27?,29+,31+,32-,34+,35+,39-/m1/s1. The lowest BCUT2D eigenvalue weighted by atomic mass is 9.70. The van der Waals surface area contributed by atoms with E-state index in [0.717, 1.165) is 5.56 Å². The highest BCUT2D eigenvalue weighted by Crippen LogP contribution is 2.61. The van der Waals surface area contributed by atoms with Gasteiger partial charge in [0.25, 0.3) is 5.91 Å². The number of esters is 1. The van der Waals surface area contributed by atoms with E-state index in [1.165, 1.54) is 9.80 Å². The molecule has 1 unspecified atom stereocenters. The molecule has 2 aromatic rings. The molecule has 10 nitrogen and oxygen atoms in total. The fraction of sp³-hybridized carbons (Fsp3) is 0.487. The molecule has 1 spiro atoms. The quantitative estimate of drug-likeness (QED) is 0.127. The maximum atomic E-state index is 15.1. The van der Waals surface area contributed by atoms with Crippen molar-refractivity contribution in [1.29, 1.82) is 0 Å². The summed E-state index contributed by atoms with van der Waals surface area (Å²) in [4.78, 5) is 59.5. The van der Waals surface area contributed by atoms with Gasteiger partial charge >= 0.3 is 5.97 Å². The Kier molecular flexibility index (Phi) is 12.5. The lowest BCUT2D eigenvalue weighted by Crippen LogP contribution is -2.59. The van der Waals surface area contributed by atoms with Gasteiger partial charge in [-0.05, 0) is 49.3 Å². The van der Waals surface area contributed by atoms with Crippen LogP contribution in [0.4, 0.5) is 5.69 Å². The van der Waals surface area contributed by atoms with Crippen LogP contribution >= 0.6 is 27.5 Å². The SMILES string of the molecule is C=CCCC(=O)NC[C@H](OC(=O)[C@@H]1[C@H]2O[C@@]3(CC2Br)[C@H](C(=O)N(CC=C)c2c(C)cccc2Cl)N([C@@H](CO)CC(C)C)C(=O)[C@@H]13)c1ccccc1. The Hall–Kier alpha value is -3.51. The second-order valence-corrected chi connectivity index (χ2v) is 15.6. The van der Waals surface area contributed by atoms with E-state index in [4.69, 9.17) is 21.1 Å². The van der Waals surface area contributed by atoms with Crippen molar-refractivity contribution < 1.29 is 33.8 Å². The number of fused-ring (bicyclic) bond motifs is 1. The molecule has 2 aromatic carbocycles. The number of nitrogens with one attached hydrogen (secondary N) is 1. The summed E-state index contributed by atoms with van der Waals surface area (Å²) in [5, 5.41) is 13.9. The van der Waals surface area contributed by atoms with Crippen LogP contribution in [-0.2, 0) is 28.7 Å². The molecule has 2 N–H and O–H groups in total. The van der Waals surface area contributed by atoms with E-state index in [1.807, 2.05) is 45.0 Å². The Morgan fingerprint density at radius 3 is 2.53 bits per heavy atom. The number of likely N-dealkylation sites (tertiary alicyclic amines) is 1. The number of hydrogen-bond donors (Lipinski definition) is 2. The molecule has 12 heteroatoms. The van der Waals surface area contributed by atoms with Crippen LogP contribution in [-0.4, -0.2) is 82.0 Å². The summed E-state index contributed by atoms with van der Waals surface area (Å²) >= 11 is 10.4. The molecule has 0 radical (unpaired) electrons. The van der Waals surface area contributed by atoms with Crippen molar-refractivity contribution in [3.63, 3.8) is 0 Å². The first-order valence-corrected chi connectivity index (χ1v) is 18.7. The molecule has 5 rings (SSSR count). The summed E-state index contributed by atoms with van der Waals surface area (Å²) in [5.41, 5.74) is 0.504. The molecular formula is C39H47BrClN3O7. The average molecular weight is 785 g/mol. The summed E-state index contributed by atoms with van der Waals surface area (Å²) in [6.45, 7) is 13.1. The first-order valence-electron chi connectivity index (χ1n) is 17.4. The van der Waals surface area contributed by atoms with Crippen LogP contribution in [0.5, 0.6) is 0 Å². The number of carbonyl (C=O) groups is 4. The maximum Gasteiger partial charge on any atom is 0.313 e. The van der Waals surface area contributed by atoms with E-state index in [-0.39, 0.29) is 49.2 Å². The number of anilines is 1. The lowest BCUT2D eigenvalue weighted by molar-refractivity contribution is -0.161. The van der Waals surface area contributed by atoms with Crippen molar-refractivity contribution in [2.75, 3.05) is 24.6 Å². The fourth-order valence-corrected chi connectivity index (χ4v) is 9.27. The minimum Gasteiger partial charge on any atom is -0.455 e. The van der Waals surface area contributed by atoms with E-state index in [9.17, 15) is 19.5 Å². The van der Waals surface area contributed by atoms with Crippen LogP contribution in [0.3, 0.4) is 0 Å². The van der Waals surface area contributed by atoms with Crippen LogP contribution in [0.25, 0.3) is 0 Å². The molecular weight excluding hydrogens is 738 g/mol. The molecule has 3 aliphatic rings. The number of ether oxygens (including phenoxy) is 2.